The van der Waals surface area contributed by atoms with E-state index in [1.54, 1.807) is 0 Å². The molecule has 0 saturated heterocycles. The van der Waals surface area contributed by atoms with Gasteiger partial charge in [-0.3, -0.25) is 5.43 Å². The van der Waals surface area contributed by atoms with Crippen LogP contribution in [-0.2, 0) is 17.7 Å². The molecular weight excluding hydrogens is 348 g/mol. The Morgan fingerprint density at radius 2 is 2.15 bits per heavy atom. The molecule has 3 aromatic rings. The zero-order valence-electron chi connectivity index (χ0n) is 15.4. The number of aromatic nitrogens is 2. The first kappa shape index (κ1) is 18.1. The van der Waals surface area contributed by atoms with Gasteiger partial charge in [-0.1, -0.05) is 36.5 Å². The van der Waals surface area contributed by atoms with E-state index in [1.165, 1.54) is 35.0 Å². The summed E-state index contributed by atoms with van der Waals surface area (Å²) in [7, 11) is 1.37. The van der Waals surface area contributed by atoms with Crippen molar-refractivity contribution >= 4 is 39.6 Å². The maximum absolute atomic E-state index is 11.8. The van der Waals surface area contributed by atoms with Crippen LogP contribution < -0.4 is 5.43 Å². The molecule has 1 N–H and O–H groups in total. The SMILES string of the molecule is CCc1nc(N/N=C\c2c(C)n(CC)c3ccccc23)sc1C(=O)OC. The molecular formula is C19H22N4O2S. The maximum atomic E-state index is 11.8. The molecule has 1 aromatic carbocycles. The number of hydrogen-bond acceptors (Lipinski definition) is 6. The number of thiazole rings is 1. The Balaban J connectivity index is 1.88. The van der Waals surface area contributed by atoms with E-state index in [0.717, 1.165) is 17.8 Å². The summed E-state index contributed by atoms with van der Waals surface area (Å²) in [6, 6.07) is 8.30. The molecule has 0 spiro atoms. The second kappa shape index (κ2) is 7.70. The highest BCUT2D eigenvalue weighted by molar-refractivity contribution is 7.17. The maximum Gasteiger partial charge on any atom is 0.350 e. The fourth-order valence-electron chi connectivity index (χ4n) is 3.07. The molecule has 0 fully saturated rings. The quantitative estimate of drug-likeness (QED) is 0.401. The number of nitrogens with zero attached hydrogens (tertiary/aromatic N) is 3. The Bertz CT molecular complexity index is 971. The number of carbonyl (C=O) groups is 1. The predicted molar refractivity (Wildman–Crippen MR) is 106 cm³/mol. The van der Waals surface area contributed by atoms with E-state index >= 15 is 0 Å². The molecule has 26 heavy (non-hydrogen) atoms. The highest BCUT2D eigenvalue weighted by Gasteiger charge is 2.17. The summed E-state index contributed by atoms with van der Waals surface area (Å²) in [6.45, 7) is 7.09. The summed E-state index contributed by atoms with van der Waals surface area (Å²) >= 11 is 1.25. The smallest absolute Gasteiger partial charge is 0.350 e. The van der Waals surface area contributed by atoms with Crippen molar-refractivity contribution < 1.29 is 9.53 Å². The fourth-order valence-corrected chi connectivity index (χ4v) is 3.99. The molecule has 0 aliphatic rings. The Kier molecular flexibility index (Phi) is 5.37. The minimum atomic E-state index is -0.363. The van der Waals surface area contributed by atoms with Crippen molar-refractivity contribution in [1.29, 1.82) is 0 Å². The van der Waals surface area contributed by atoms with Crippen LogP contribution in [0.25, 0.3) is 10.9 Å². The van der Waals surface area contributed by atoms with Gasteiger partial charge < -0.3 is 9.30 Å². The molecule has 2 aromatic heterocycles. The normalized spacial score (nSPS) is 11.4. The van der Waals surface area contributed by atoms with Crippen LogP contribution in [0.5, 0.6) is 0 Å². The molecule has 2 heterocycles. The molecule has 0 amide bonds. The van der Waals surface area contributed by atoms with Crippen molar-refractivity contribution in [3.63, 3.8) is 0 Å². The molecule has 3 rings (SSSR count). The Hall–Kier alpha value is -2.67. The number of methoxy groups -OCH3 is 1. The van der Waals surface area contributed by atoms with Crippen LogP contribution in [0.1, 0.15) is 40.5 Å². The topological polar surface area (TPSA) is 68.5 Å². The van der Waals surface area contributed by atoms with Crippen LogP contribution in [-0.4, -0.2) is 28.8 Å². The molecule has 0 unspecified atom stereocenters. The van der Waals surface area contributed by atoms with E-state index < -0.39 is 0 Å². The minimum Gasteiger partial charge on any atom is -0.465 e. The van der Waals surface area contributed by atoms with Crippen molar-refractivity contribution in [2.45, 2.75) is 33.7 Å². The van der Waals surface area contributed by atoms with Gasteiger partial charge in [0.05, 0.1) is 19.0 Å². The zero-order valence-corrected chi connectivity index (χ0v) is 16.2. The molecule has 6 nitrogen and oxygen atoms in total. The largest absolute Gasteiger partial charge is 0.465 e. The van der Waals surface area contributed by atoms with E-state index in [2.05, 4.69) is 46.1 Å². The van der Waals surface area contributed by atoms with Gasteiger partial charge in [-0.2, -0.15) is 5.10 Å². The number of nitrogens with one attached hydrogen (secondary N) is 1. The van der Waals surface area contributed by atoms with E-state index in [1.807, 2.05) is 25.3 Å². The highest BCUT2D eigenvalue weighted by atomic mass is 32.1. The number of rotatable bonds is 6. The standard InChI is InChI=1S/C19H22N4O2S/c1-5-15-17(18(24)25-4)26-19(21-15)22-20-11-14-12(3)23(6-2)16-10-8-7-9-13(14)16/h7-11H,5-6H2,1-4H3,(H,21,22)/b20-11-. The minimum absolute atomic E-state index is 0.363. The van der Waals surface area contributed by atoms with Gasteiger partial charge in [-0.15, -0.1) is 0 Å². The van der Waals surface area contributed by atoms with Crippen LogP contribution in [0.2, 0.25) is 0 Å². The first-order valence-corrected chi connectivity index (χ1v) is 9.37. The van der Waals surface area contributed by atoms with Crippen LogP contribution in [0.3, 0.4) is 0 Å². The summed E-state index contributed by atoms with van der Waals surface area (Å²) in [5.41, 5.74) is 7.11. The van der Waals surface area contributed by atoms with Gasteiger partial charge >= 0.3 is 5.97 Å². The third-order valence-corrected chi connectivity index (χ3v) is 5.34. The van der Waals surface area contributed by atoms with E-state index in [4.69, 9.17) is 4.74 Å². The number of carbonyl (C=O) groups excluding carboxylic acids is 1. The van der Waals surface area contributed by atoms with Gasteiger partial charge in [0.15, 0.2) is 0 Å². The van der Waals surface area contributed by atoms with Crippen LogP contribution in [0, 0.1) is 6.92 Å². The predicted octanol–water partition coefficient (Wildman–Crippen LogP) is 4.22. The lowest BCUT2D eigenvalue weighted by Gasteiger charge is -2.03. The summed E-state index contributed by atoms with van der Waals surface area (Å²) in [4.78, 5) is 16.8. The zero-order chi connectivity index (χ0) is 18.7. The lowest BCUT2D eigenvalue weighted by Crippen LogP contribution is -2.01. The number of hydrogen-bond donors (Lipinski definition) is 1. The number of esters is 1. The van der Waals surface area contributed by atoms with Crippen LogP contribution in [0.15, 0.2) is 29.4 Å². The fraction of sp³-hybridized carbons (Fsp3) is 0.316. The summed E-state index contributed by atoms with van der Waals surface area (Å²) in [6.07, 6.45) is 2.48. The first-order chi connectivity index (χ1) is 12.6. The second-order valence-corrected chi connectivity index (χ2v) is 6.77. The Labute approximate surface area is 156 Å². The molecule has 0 bridgehead atoms. The lowest BCUT2D eigenvalue weighted by molar-refractivity contribution is 0.0605. The third-order valence-electron chi connectivity index (χ3n) is 4.35. The molecule has 136 valence electrons. The number of fused-ring (bicyclic) bond motifs is 1. The first-order valence-electron chi connectivity index (χ1n) is 8.55. The Morgan fingerprint density at radius 1 is 1.38 bits per heavy atom. The number of ether oxygens (including phenoxy) is 1. The van der Waals surface area contributed by atoms with Crippen LogP contribution >= 0.6 is 11.3 Å². The van der Waals surface area contributed by atoms with E-state index in [9.17, 15) is 4.79 Å². The van der Waals surface area contributed by atoms with Crippen molar-refractivity contribution in [2.75, 3.05) is 12.5 Å². The highest BCUT2D eigenvalue weighted by Crippen LogP contribution is 2.26. The molecule has 0 radical (unpaired) electrons. The molecule has 7 heteroatoms. The summed E-state index contributed by atoms with van der Waals surface area (Å²) in [5, 5.41) is 6.10. The van der Waals surface area contributed by atoms with Crippen molar-refractivity contribution in [1.82, 2.24) is 9.55 Å². The lowest BCUT2D eigenvalue weighted by atomic mass is 10.1. The molecule has 0 aliphatic carbocycles. The number of anilines is 1. The van der Waals surface area contributed by atoms with E-state index in [0.29, 0.717) is 16.4 Å². The van der Waals surface area contributed by atoms with Gasteiger partial charge in [-0.05, 0) is 26.3 Å². The van der Waals surface area contributed by atoms with Gasteiger partial charge in [0.2, 0.25) is 5.13 Å². The molecule has 0 atom stereocenters. The second-order valence-electron chi connectivity index (χ2n) is 5.77. The average Bonchev–Trinajstić information content (AvgIpc) is 3.20. The van der Waals surface area contributed by atoms with Gasteiger partial charge in [0.25, 0.3) is 0 Å². The third kappa shape index (κ3) is 3.22. The summed E-state index contributed by atoms with van der Waals surface area (Å²) in [5.74, 6) is -0.363. The van der Waals surface area contributed by atoms with E-state index in [-0.39, 0.29) is 5.97 Å². The average molecular weight is 370 g/mol. The van der Waals surface area contributed by atoms with Gasteiger partial charge in [0, 0.05) is 28.7 Å². The van der Waals surface area contributed by atoms with Crippen molar-refractivity contribution in [3.05, 3.63) is 46.1 Å². The van der Waals surface area contributed by atoms with Crippen molar-refractivity contribution in [2.24, 2.45) is 5.10 Å². The Morgan fingerprint density at radius 3 is 2.85 bits per heavy atom. The number of aryl methyl sites for hydroxylation is 2. The number of para-hydroxylation sites is 1. The molecule has 0 aliphatic heterocycles. The number of hydrazone groups is 1. The molecule has 0 saturated carbocycles. The van der Waals surface area contributed by atoms with Gasteiger partial charge in [-0.25, -0.2) is 9.78 Å². The van der Waals surface area contributed by atoms with Crippen molar-refractivity contribution in [3.8, 4) is 0 Å². The summed E-state index contributed by atoms with van der Waals surface area (Å²) < 4.78 is 7.08. The number of benzene rings is 1. The van der Waals surface area contributed by atoms with Crippen LogP contribution in [0.4, 0.5) is 5.13 Å². The monoisotopic (exact) mass is 370 g/mol. The van der Waals surface area contributed by atoms with Gasteiger partial charge in [0.1, 0.15) is 4.88 Å².